The van der Waals surface area contributed by atoms with Gasteiger partial charge in [-0.15, -0.1) is 0 Å². The third-order valence-corrected chi connectivity index (χ3v) is 18.5. The molecule has 4 N–H and O–H groups in total. The smallest absolute Gasteiger partial charge is 0.293 e. The van der Waals surface area contributed by atoms with Crippen molar-refractivity contribution in [2.24, 2.45) is 11.3 Å². The summed E-state index contributed by atoms with van der Waals surface area (Å²) in [6, 6.07) is 20.2. The first-order valence-corrected chi connectivity index (χ1v) is 27.8. The van der Waals surface area contributed by atoms with Crippen LogP contribution in [-0.2, 0) is 14.8 Å². The summed E-state index contributed by atoms with van der Waals surface area (Å²) in [6.07, 6.45) is 12.0. The molecule has 1 amide bonds. The summed E-state index contributed by atoms with van der Waals surface area (Å²) in [6.45, 7) is 10.2. The molecule has 5 fully saturated rings. The molecule has 388 valence electrons. The molecular formula is C55H67FN8O8S. The van der Waals surface area contributed by atoms with Crippen LogP contribution >= 0.6 is 0 Å². The predicted molar refractivity (Wildman–Crippen MR) is 278 cm³/mol. The summed E-state index contributed by atoms with van der Waals surface area (Å²) in [4.78, 5) is 40.6. The molecule has 1 spiro atoms. The summed E-state index contributed by atoms with van der Waals surface area (Å²) < 4.78 is 58.2. The van der Waals surface area contributed by atoms with Crippen molar-refractivity contribution in [1.29, 1.82) is 0 Å². The fraction of sp³-hybridized carbons (Fsp3) is 0.527. The molecule has 6 aliphatic rings. The maximum atomic E-state index is 15.3. The SMILES string of the molecule is CC(C)c1ccccc1[C@H]1CCCCN1C1CC2(CCN(c3ccc(C(=O)NS(=O)(=O)c4ccc(NC[C@H]5CC[C@](C)(O)CC5)c([N+](=O)[O-])c4)c(N4c5cc6c(F)c[nH]c6nc5O[C@H]5COCC[C@@H]54)c3)CC2)C1. The van der Waals surface area contributed by atoms with Crippen LogP contribution in [0.3, 0.4) is 0 Å². The van der Waals surface area contributed by atoms with Crippen LogP contribution in [-0.4, -0.2) is 102 Å². The van der Waals surface area contributed by atoms with Gasteiger partial charge in [0.1, 0.15) is 28.9 Å². The summed E-state index contributed by atoms with van der Waals surface area (Å²) >= 11 is 0. The van der Waals surface area contributed by atoms with Crippen molar-refractivity contribution in [1.82, 2.24) is 19.6 Å². The van der Waals surface area contributed by atoms with Gasteiger partial charge in [-0.2, -0.15) is 4.98 Å². The number of hydrogen-bond acceptors (Lipinski definition) is 13. The number of likely N-dealkylation sites (tertiary alicyclic amines) is 1. The summed E-state index contributed by atoms with van der Waals surface area (Å²) in [5.41, 5.74) is 4.16. The van der Waals surface area contributed by atoms with Crippen LogP contribution in [0.25, 0.3) is 11.0 Å². The number of halogens is 1. The van der Waals surface area contributed by atoms with E-state index in [1.807, 2.05) is 24.0 Å². The third-order valence-electron chi connectivity index (χ3n) is 17.2. The average Bonchev–Trinajstić information content (AvgIpc) is 3.74. The number of nitrogens with zero attached hydrogens (tertiary/aromatic N) is 5. The van der Waals surface area contributed by atoms with E-state index in [1.165, 1.54) is 61.6 Å². The number of pyridine rings is 1. The van der Waals surface area contributed by atoms with Crippen molar-refractivity contribution in [3.8, 4) is 5.88 Å². The molecule has 0 unspecified atom stereocenters. The number of carbonyl (C=O) groups is 1. The zero-order chi connectivity index (χ0) is 50.8. The van der Waals surface area contributed by atoms with Crippen molar-refractivity contribution in [2.75, 3.05) is 54.5 Å². The minimum Gasteiger partial charge on any atom is -0.468 e. The van der Waals surface area contributed by atoms with E-state index in [2.05, 4.69) is 67.9 Å². The number of H-pyrrole nitrogens is 1. The van der Waals surface area contributed by atoms with Gasteiger partial charge in [0.15, 0.2) is 0 Å². The number of benzene rings is 3. The average molecular weight is 1020 g/mol. The van der Waals surface area contributed by atoms with Gasteiger partial charge in [-0.05, 0) is 149 Å². The Bertz CT molecular complexity index is 3010. The van der Waals surface area contributed by atoms with E-state index in [-0.39, 0.29) is 40.5 Å². The zero-order valence-corrected chi connectivity index (χ0v) is 42.8. The molecule has 11 rings (SSSR count). The minimum absolute atomic E-state index is 0.0322. The van der Waals surface area contributed by atoms with Crippen molar-refractivity contribution in [3.63, 3.8) is 0 Å². The van der Waals surface area contributed by atoms with Crippen LogP contribution in [0.5, 0.6) is 5.88 Å². The third kappa shape index (κ3) is 9.64. The number of piperidine rings is 2. The highest BCUT2D eigenvalue weighted by molar-refractivity contribution is 7.90. The van der Waals surface area contributed by atoms with E-state index >= 15 is 4.39 Å². The second-order valence-electron chi connectivity index (χ2n) is 22.3. The quantitative estimate of drug-likeness (QED) is 0.0682. The molecule has 18 heteroatoms. The number of aliphatic hydroxyl groups is 1. The molecule has 2 aromatic heterocycles. The Morgan fingerprint density at radius 2 is 1.77 bits per heavy atom. The molecule has 5 aromatic rings. The van der Waals surface area contributed by atoms with E-state index in [9.17, 15) is 28.4 Å². The summed E-state index contributed by atoms with van der Waals surface area (Å²) in [5, 5.41) is 26.1. The highest BCUT2D eigenvalue weighted by Gasteiger charge is 2.50. The lowest BCUT2D eigenvalue weighted by molar-refractivity contribution is -0.384. The Morgan fingerprint density at radius 3 is 2.53 bits per heavy atom. The number of ether oxygens (including phenoxy) is 2. The number of rotatable bonds is 12. The Labute approximate surface area is 426 Å². The molecule has 16 nitrogen and oxygen atoms in total. The maximum absolute atomic E-state index is 15.3. The van der Waals surface area contributed by atoms with Crippen LogP contribution in [0.2, 0.25) is 0 Å². The Balaban J connectivity index is 0.873. The second kappa shape index (κ2) is 19.5. The van der Waals surface area contributed by atoms with Crippen molar-refractivity contribution in [2.45, 2.75) is 138 Å². The molecule has 4 aliphatic heterocycles. The number of aromatic nitrogens is 2. The Hall–Kier alpha value is -5.82. The molecule has 3 aromatic carbocycles. The second-order valence-corrected chi connectivity index (χ2v) is 24.0. The first-order chi connectivity index (χ1) is 35.1. The predicted octanol–water partition coefficient (Wildman–Crippen LogP) is 9.87. The number of anilines is 4. The molecule has 2 saturated carbocycles. The highest BCUT2D eigenvalue weighted by atomic mass is 32.2. The number of nitrogens with one attached hydrogen (secondary N) is 3. The highest BCUT2D eigenvalue weighted by Crippen LogP contribution is 2.54. The van der Waals surface area contributed by atoms with Gasteiger partial charge in [0.05, 0.1) is 44.7 Å². The van der Waals surface area contributed by atoms with Crippen LogP contribution in [0.15, 0.2) is 77.8 Å². The van der Waals surface area contributed by atoms with Gasteiger partial charge in [0.25, 0.3) is 21.6 Å². The summed E-state index contributed by atoms with van der Waals surface area (Å²) in [7, 11) is -4.67. The van der Waals surface area contributed by atoms with Gasteiger partial charge in [-0.1, -0.05) is 44.5 Å². The zero-order valence-electron chi connectivity index (χ0n) is 41.9. The topological polar surface area (TPSA) is 196 Å². The van der Waals surface area contributed by atoms with Gasteiger partial charge in [0, 0.05) is 56.3 Å². The fourth-order valence-electron chi connectivity index (χ4n) is 13.0. The molecule has 73 heavy (non-hydrogen) atoms. The van der Waals surface area contributed by atoms with Gasteiger partial charge in [0.2, 0.25) is 5.88 Å². The molecule has 3 saturated heterocycles. The van der Waals surface area contributed by atoms with Gasteiger partial charge in [-0.3, -0.25) is 19.8 Å². The number of aromatic amines is 1. The molecule has 3 atom stereocenters. The fourth-order valence-corrected chi connectivity index (χ4v) is 13.9. The first kappa shape index (κ1) is 49.4. The lowest BCUT2D eigenvalue weighted by atomic mass is 9.59. The van der Waals surface area contributed by atoms with Gasteiger partial charge >= 0.3 is 0 Å². The molecule has 0 radical (unpaired) electrons. The number of sulfonamides is 1. The minimum atomic E-state index is -4.67. The first-order valence-electron chi connectivity index (χ1n) is 26.3. The Morgan fingerprint density at radius 1 is 0.986 bits per heavy atom. The maximum Gasteiger partial charge on any atom is 0.293 e. The van der Waals surface area contributed by atoms with Crippen LogP contribution in [0, 0.1) is 27.3 Å². The van der Waals surface area contributed by atoms with Crippen molar-refractivity contribution >= 4 is 55.4 Å². The van der Waals surface area contributed by atoms with E-state index in [0.717, 1.165) is 57.1 Å². The molecule has 2 aliphatic carbocycles. The van der Waals surface area contributed by atoms with Gasteiger partial charge in [-0.25, -0.2) is 17.5 Å². The van der Waals surface area contributed by atoms with E-state index in [4.69, 9.17) is 9.47 Å². The lowest BCUT2D eigenvalue weighted by Gasteiger charge is -2.57. The van der Waals surface area contributed by atoms with E-state index in [0.29, 0.717) is 67.4 Å². The van der Waals surface area contributed by atoms with E-state index in [1.54, 1.807) is 12.1 Å². The van der Waals surface area contributed by atoms with Crippen molar-refractivity contribution in [3.05, 3.63) is 106 Å². The number of hydrogen-bond donors (Lipinski definition) is 4. The number of amides is 1. The monoisotopic (exact) mass is 1020 g/mol. The Kier molecular flexibility index (Phi) is 13.2. The lowest BCUT2D eigenvalue weighted by Crippen LogP contribution is -2.56. The number of carbonyl (C=O) groups excluding carboxylic acids is 1. The number of nitro benzene ring substituents is 1. The normalized spacial score (nSPS) is 25.5. The largest absolute Gasteiger partial charge is 0.468 e. The number of fused-ring (bicyclic) bond motifs is 3. The summed E-state index contributed by atoms with van der Waals surface area (Å²) in [5.74, 6) is -0.586. The van der Waals surface area contributed by atoms with E-state index < -0.39 is 55.0 Å². The van der Waals surface area contributed by atoms with Crippen LogP contribution in [0.4, 0.5) is 32.8 Å². The van der Waals surface area contributed by atoms with Crippen LogP contribution in [0.1, 0.15) is 131 Å². The molecule has 6 heterocycles. The van der Waals surface area contributed by atoms with Crippen molar-refractivity contribution < 1.29 is 37.1 Å². The van der Waals surface area contributed by atoms with Gasteiger partial charge < -0.3 is 34.7 Å². The standard InChI is InChI=1S/C55H67FN8O8S/c1-34(2)39-8-4-5-9-40(39)45-10-6-7-22-62(45)37-29-55(30-37)20-23-61(24-21-55)36-11-13-41(47(26-36)63-46-17-25-71-33-50(46)72-53-49(63)28-42-43(56)32-58-51(42)59-53)52(65)60-73(69,70)38-12-14-44(48(27-38)64(67)68)57-31-35-15-18-54(3,66)19-16-35/h4-5,8-9,11-14,26-28,32,34-35,37,45-46,50,57,66H,6-7,10,15-25,29-31,33H2,1-3H3,(H,58,59)(H,60,65)/t35-,45-,46+,50+,54-/m1/s1. The molecule has 0 bridgehead atoms. The van der Waals surface area contributed by atoms with Crippen LogP contribution < -0.4 is 24.6 Å². The molecular weight excluding hydrogens is 952 g/mol. The number of nitro groups is 1.